The van der Waals surface area contributed by atoms with Crippen molar-refractivity contribution < 1.29 is 15.3 Å². The quantitative estimate of drug-likeness (QED) is 0.106. The molecule has 2 fully saturated rings. The average Bonchev–Trinajstić information content (AvgIpc) is 3.87. The molecule has 6 rings (SSSR count). The fraction of sp³-hybridized carbons (Fsp3) is 0.421. The number of aliphatic hydroxyl groups is 2. The Kier molecular flexibility index (Phi) is 11.1. The molecule has 5 heteroatoms. The first-order chi connectivity index (χ1) is 21.1. The number of anilines is 1. The third-order valence-electron chi connectivity index (χ3n) is 9.18. The van der Waals surface area contributed by atoms with Gasteiger partial charge in [-0.05, 0) is 115 Å². The van der Waals surface area contributed by atoms with Crippen LogP contribution in [0.5, 0.6) is 5.75 Å². The Morgan fingerprint density at radius 3 is 2.33 bits per heavy atom. The number of aliphatic hydroxyl groups excluding tert-OH is 2. The molecule has 43 heavy (non-hydrogen) atoms. The van der Waals surface area contributed by atoms with Crippen molar-refractivity contribution in [2.24, 2.45) is 5.92 Å². The Hall–Kier alpha value is -3.38. The van der Waals surface area contributed by atoms with E-state index in [-0.39, 0.29) is 18.5 Å². The smallest absolute Gasteiger partial charge is 0.121 e. The zero-order chi connectivity index (χ0) is 30.0. The molecule has 0 aliphatic heterocycles. The van der Waals surface area contributed by atoms with Crippen LogP contribution in [-0.4, -0.2) is 41.1 Å². The van der Waals surface area contributed by atoms with E-state index in [1.165, 1.54) is 54.0 Å². The molecule has 2 unspecified atom stereocenters. The lowest BCUT2D eigenvalue weighted by atomic mass is 9.72. The van der Waals surface area contributed by atoms with E-state index in [9.17, 15) is 15.3 Å². The summed E-state index contributed by atoms with van der Waals surface area (Å²) in [6, 6.07) is 29.4. The van der Waals surface area contributed by atoms with E-state index < -0.39 is 0 Å². The fourth-order valence-corrected chi connectivity index (χ4v) is 6.02. The molecule has 4 aromatic carbocycles. The second-order valence-corrected chi connectivity index (χ2v) is 12.3. The van der Waals surface area contributed by atoms with Gasteiger partial charge in [-0.2, -0.15) is 0 Å². The molecule has 5 nitrogen and oxygen atoms in total. The van der Waals surface area contributed by atoms with Gasteiger partial charge in [-0.25, -0.2) is 0 Å². The molecule has 2 saturated carbocycles. The number of phenols is 1. The van der Waals surface area contributed by atoms with Crippen LogP contribution in [0.2, 0.25) is 0 Å². The van der Waals surface area contributed by atoms with Crippen molar-refractivity contribution >= 4 is 16.5 Å². The number of benzene rings is 4. The number of hydrogen-bond donors (Lipinski definition) is 5. The van der Waals surface area contributed by atoms with Gasteiger partial charge >= 0.3 is 0 Å². The molecule has 0 amide bonds. The number of fused-ring (bicyclic) bond motifs is 1. The molecule has 0 spiro atoms. The summed E-state index contributed by atoms with van der Waals surface area (Å²) < 4.78 is 0. The van der Waals surface area contributed by atoms with E-state index >= 15 is 0 Å². The van der Waals surface area contributed by atoms with Crippen LogP contribution in [0.1, 0.15) is 79.5 Å². The minimum absolute atomic E-state index is 0.132. The lowest BCUT2D eigenvalue weighted by molar-refractivity contribution is 0.183. The number of aromatic hydroxyl groups is 1. The highest BCUT2D eigenvalue weighted by Gasteiger charge is 2.28. The molecule has 2 aliphatic carbocycles. The van der Waals surface area contributed by atoms with Crippen molar-refractivity contribution in [3.63, 3.8) is 0 Å². The predicted molar refractivity (Wildman–Crippen MR) is 178 cm³/mol. The molecule has 0 saturated heterocycles. The first kappa shape index (κ1) is 31.1. The molecule has 228 valence electrons. The second kappa shape index (κ2) is 15.4. The maximum atomic E-state index is 9.87. The van der Waals surface area contributed by atoms with Gasteiger partial charge in [0.05, 0.1) is 12.7 Å². The molecule has 2 aliphatic rings. The molecule has 0 bridgehead atoms. The van der Waals surface area contributed by atoms with Crippen molar-refractivity contribution in [1.29, 1.82) is 0 Å². The van der Waals surface area contributed by atoms with Gasteiger partial charge in [0, 0.05) is 24.3 Å². The van der Waals surface area contributed by atoms with E-state index in [4.69, 9.17) is 0 Å². The summed E-state index contributed by atoms with van der Waals surface area (Å²) in [6.07, 6.45) is 7.98. The summed E-state index contributed by atoms with van der Waals surface area (Å²) in [5.41, 5.74) is 5.70. The average molecular weight is 581 g/mol. The van der Waals surface area contributed by atoms with Crippen LogP contribution in [0.15, 0.2) is 84.9 Å². The van der Waals surface area contributed by atoms with Crippen LogP contribution in [0.4, 0.5) is 5.69 Å². The summed E-state index contributed by atoms with van der Waals surface area (Å²) in [6.45, 7) is 4.25. The minimum Gasteiger partial charge on any atom is -0.508 e. The molecule has 0 heterocycles. The van der Waals surface area contributed by atoms with Gasteiger partial charge in [0.15, 0.2) is 0 Å². The van der Waals surface area contributed by atoms with Crippen LogP contribution in [0.3, 0.4) is 0 Å². The Labute approximate surface area is 257 Å². The number of rotatable bonds is 13. The number of hydrogen-bond acceptors (Lipinski definition) is 5. The zero-order valence-electron chi connectivity index (χ0n) is 25.5. The highest BCUT2D eigenvalue weighted by Crippen LogP contribution is 2.43. The van der Waals surface area contributed by atoms with Crippen molar-refractivity contribution in [3.8, 4) is 5.75 Å². The molecule has 2 atom stereocenters. The van der Waals surface area contributed by atoms with Gasteiger partial charge in [0.1, 0.15) is 5.75 Å². The monoisotopic (exact) mass is 580 g/mol. The standard InChI is InChI=1S/C25H36N2O3.C13H12/c1-2-23(29)15-27-22-9-6-18(7-10-22)12-13-26-16-24(19-4-3-5-19)20-8-11-25(30)21(14-20)17-28;1-2-6-12-10(4-1)5-3-7-13(12)11-8-9-11/h6-11,14,19,23-24,26-30H,2-5,12-13,15-17H2,1H3;1-7,11H,8-9H2. The second-order valence-electron chi connectivity index (χ2n) is 12.3. The van der Waals surface area contributed by atoms with Gasteiger partial charge in [0.25, 0.3) is 0 Å². The maximum absolute atomic E-state index is 9.87. The van der Waals surface area contributed by atoms with Gasteiger partial charge in [0.2, 0.25) is 0 Å². The van der Waals surface area contributed by atoms with Crippen LogP contribution >= 0.6 is 0 Å². The normalized spacial score (nSPS) is 16.2. The third-order valence-corrected chi connectivity index (χ3v) is 9.18. The molecule has 5 N–H and O–H groups in total. The summed E-state index contributed by atoms with van der Waals surface area (Å²) in [5.74, 6) is 2.12. The van der Waals surface area contributed by atoms with Gasteiger partial charge < -0.3 is 26.0 Å². The SMILES string of the molecule is CCC(O)CNc1ccc(CCNCC(c2ccc(O)c(CO)c2)C2CCC2)cc1.c1ccc2c(C3CC3)cccc2c1. The van der Waals surface area contributed by atoms with Crippen LogP contribution < -0.4 is 10.6 Å². The third kappa shape index (κ3) is 8.60. The molecular weight excluding hydrogens is 532 g/mol. The summed E-state index contributed by atoms with van der Waals surface area (Å²) >= 11 is 0. The van der Waals surface area contributed by atoms with Crippen LogP contribution in [0, 0.1) is 5.92 Å². The lowest BCUT2D eigenvalue weighted by Crippen LogP contribution is -2.31. The Morgan fingerprint density at radius 2 is 1.63 bits per heavy atom. The highest BCUT2D eigenvalue weighted by atomic mass is 16.3. The first-order valence-corrected chi connectivity index (χ1v) is 16.2. The summed E-state index contributed by atoms with van der Waals surface area (Å²) in [5, 5.41) is 38.7. The van der Waals surface area contributed by atoms with Gasteiger partial charge in [-0.3, -0.25) is 0 Å². The molecular formula is C38H48N2O3. The van der Waals surface area contributed by atoms with Crippen molar-refractivity contribution in [1.82, 2.24) is 5.32 Å². The van der Waals surface area contributed by atoms with E-state index in [2.05, 4.69) is 77.4 Å². The minimum atomic E-state index is -0.306. The maximum Gasteiger partial charge on any atom is 0.121 e. The van der Waals surface area contributed by atoms with Gasteiger partial charge in [-0.15, -0.1) is 0 Å². The fourth-order valence-electron chi connectivity index (χ4n) is 6.02. The predicted octanol–water partition coefficient (Wildman–Crippen LogP) is 7.50. The Balaban J connectivity index is 0.000000232. The van der Waals surface area contributed by atoms with Crippen LogP contribution in [-0.2, 0) is 13.0 Å². The summed E-state index contributed by atoms with van der Waals surface area (Å²) in [4.78, 5) is 0. The van der Waals surface area contributed by atoms with E-state index in [1.54, 1.807) is 11.6 Å². The first-order valence-electron chi connectivity index (χ1n) is 16.2. The largest absolute Gasteiger partial charge is 0.508 e. The lowest BCUT2D eigenvalue weighted by Gasteiger charge is -2.34. The van der Waals surface area contributed by atoms with E-state index in [0.29, 0.717) is 23.9 Å². The van der Waals surface area contributed by atoms with Gasteiger partial charge in [-0.1, -0.05) is 74.0 Å². The van der Waals surface area contributed by atoms with Crippen molar-refractivity contribution in [2.45, 2.75) is 76.4 Å². The zero-order valence-corrected chi connectivity index (χ0v) is 25.5. The highest BCUT2D eigenvalue weighted by molar-refractivity contribution is 5.86. The van der Waals surface area contributed by atoms with Crippen molar-refractivity contribution in [2.75, 3.05) is 25.0 Å². The van der Waals surface area contributed by atoms with E-state index in [1.807, 2.05) is 19.1 Å². The van der Waals surface area contributed by atoms with Crippen LogP contribution in [0.25, 0.3) is 10.8 Å². The molecule has 0 aromatic heterocycles. The topological polar surface area (TPSA) is 84.8 Å². The molecule has 4 aromatic rings. The molecule has 0 radical (unpaired) electrons. The number of nitrogens with one attached hydrogen (secondary N) is 2. The van der Waals surface area contributed by atoms with E-state index in [0.717, 1.165) is 37.5 Å². The Bertz CT molecular complexity index is 1420. The summed E-state index contributed by atoms with van der Waals surface area (Å²) in [7, 11) is 0. The van der Waals surface area contributed by atoms with Crippen molar-refractivity contribution in [3.05, 3.63) is 107 Å². The Morgan fingerprint density at radius 1 is 0.860 bits per heavy atom.